The summed E-state index contributed by atoms with van der Waals surface area (Å²) in [6.07, 6.45) is -5.45. The number of amides is 1. The fourth-order valence-electron chi connectivity index (χ4n) is 5.93. The van der Waals surface area contributed by atoms with Crippen LogP contribution in [0.2, 0.25) is 5.02 Å². The molecule has 2 heterocycles. The minimum Gasteiger partial charge on any atom is -0.370 e. The Balaban J connectivity index is 1.31. The molecule has 0 spiro atoms. The number of allylic oxidation sites excluding steroid dienone is 2. The van der Waals surface area contributed by atoms with Gasteiger partial charge in [-0.1, -0.05) is 59.6 Å². The Kier molecular flexibility index (Phi) is 9.59. The first-order chi connectivity index (χ1) is 21.7. The van der Waals surface area contributed by atoms with E-state index >= 15 is 0 Å². The number of hydrogen-bond acceptors (Lipinski definition) is 5. The number of carbonyl (C=O) groups excluding carboxylic acids is 1. The first-order valence-corrected chi connectivity index (χ1v) is 15.2. The number of halogens is 8. The topological polar surface area (TPSA) is 71.4 Å². The molecule has 46 heavy (non-hydrogen) atoms. The summed E-state index contributed by atoms with van der Waals surface area (Å²) < 4.78 is 89.7. The van der Waals surface area contributed by atoms with Gasteiger partial charge in [0.2, 0.25) is 5.95 Å². The molecule has 5 rings (SSSR count). The zero-order valence-electron chi connectivity index (χ0n) is 24.8. The highest BCUT2D eigenvalue weighted by Crippen LogP contribution is 2.42. The molecule has 3 aromatic rings. The molecule has 3 unspecified atom stereocenters. The second kappa shape index (κ2) is 13.0. The smallest absolute Gasteiger partial charge is 0.370 e. The number of anilines is 2. The number of benzene rings is 2. The van der Waals surface area contributed by atoms with Crippen molar-refractivity contribution >= 4 is 51.8 Å². The molecule has 0 bridgehead atoms. The number of rotatable bonds is 8. The summed E-state index contributed by atoms with van der Waals surface area (Å²) in [5.74, 6) is -2.42. The largest absolute Gasteiger partial charge is 0.430 e. The van der Waals surface area contributed by atoms with E-state index in [1.165, 1.54) is 30.3 Å². The van der Waals surface area contributed by atoms with Crippen molar-refractivity contribution in [2.45, 2.75) is 43.3 Å². The van der Waals surface area contributed by atoms with E-state index in [9.17, 15) is 31.1 Å². The number of aromatic nitrogens is 2. The quantitative estimate of drug-likeness (QED) is 0.240. The number of alkyl halides is 6. The van der Waals surface area contributed by atoms with E-state index in [2.05, 4.69) is 15.6 Å². The van der Waals surface area contributed by atoms with Crippen molar-refractivity contribution in [3.8, 4) is 0 Å². The van der Waals surface area contributed by atoms with Crippen molar-refractivity contribution in [2.24, 2.45) is 13.0 Å². The van der Waals surface area contributed by atoms with E-state index in [1.54, 1.807) is 40.8 Å². The Hall–Kier alpha value is -3.42. The molecule has 2 aliphatic rings. The third-order valence-corrected chi connectivity index (χ3v) is 9.13. The van der Waals surface area contributed by atoms with Gasteiger partial charge in [-0.15, -0.1) is 0 Å². The lowest BCUT2D eigenvalue weighted by molar-refractivity contribution is -0.265. The molecule has 0 saturated carbocycles. The zero-order chi connectivity index (χ0) is 33.4. The standard InChI is InChI=1S/C31H31Cl2F6N5O2/c1-43-26-15-25(44-12-6-9-20(17-44)30(34,35)36)22(33)14-24(26)42-28(43)41-23-13-18(10-11-21(23)32)16-40-27(45)29(46-2,31(37,38)39)19-7-4-3-5-8-19/h3-5,7-8,10-11,14-15,20,23H,6,9,12-13,16-17H2,1-2H3,(H,40,45)(H,41,42). The molecular formula is C31H31Cl2F6N5O2. The minimum absolute atomic E-state index is 0.0675. The maximum atomic E-state index is 14.3. The van der Waals surface area contributed by atoms with Gasteiger partial charge >= 0.3 is 12.4 Å². The molecule has 1 amide bonds. The summed E-state index contributed by atoms with van der Waals surface area (Å²) in [5, 5.41) is 6.28. The van der Waals surface area contributed by atoms with E-state index in [1.807, 2.05) is 0 Å². The SMILES string of the molecule is COC(C(=O)NCC1=CC=C(Cl)C(Nc2nc3cc(Cl)c(N4CCCC(C(F)(F)F)C4)cc3n2C)C1)(c1ccccc1)C(F)(F)F. The van der Waals surface area contributed by atoms with Crippen LogP contribution in [0.1, 0.15) is 24.8 Å². The van der Waals surface area contributed by atoms with Crippen LogP contribution < -0.4 is 15.5 Å². The number of hydrogen-bond donors (Lipinski definition) is 2. The maximum absolute atomic E-state index is 14.3. The summed E-state index contributed by atoms with van der Waals surface area (Å²) in [4.78, 5) is 19.3. The number of methoxy groups -OCH3 is 1. The number of aryl methyl sites for hydroxylation is 1. The van der Waals surface area contributed by atoms with Gasteiger partial charge in [0, 0.05) is 44.4 Å². The average Bonchev–Trinajstić information content (AvgIpc) is 3.30. The summed E-state index contributed by atoms with van der Waals surface area (Å²) in [6, 6.07) is 9.45. The molecule has 3 atom stereocenters. The van der Waals surface area contributed by atoms with Gasteiger partial charge < -0.3 is 24.8 Å². The molecule has 1 saturated heterocycles. The molecule has 1 aliphatic heterocycles. The second-order valence-electron chi connectivity index (χ2n) is 11.3. The molecule has 7 nitrogen and oxygen atoms in total. The van der Waals surface area contributed by atoms with Gasteiger partial charge in [0.25, 0.3) is 11.5 Å². The summed E-state index contributed by atoms with van der Waals surface area (Å²) >= 11 is 13.0. The number of fused-ring (bicyclic) bond motifs is 1. The first-order valence-electron chi connectivity index (χ1n) is 14.4. The van der Waals surface area contributed by atoms with Gasteiger partial charge in [0.1, 0.15) is 0 Å². The number of carbonyl (C=O) groups is 1. The average molecular weight is 691 g/mol. The molecule has 2 N–H and O–H groups in total. The lowest BCUT2D eigenvalue weighted by Crippen LogP contribution is -2.56. The van der Waals surface area contributed by atoms with Gasteiger partial charge in [-0.2, -0.15) is 26.3 Å². The number of nitrogens with one attached hydrogen (secondary N) is 2. The molecular weight excluding hydrogens is 659 g/mol. The third kappa shape index (κ3) is 6.54. The highest BCUT2D eigenvalue weighted by Gasteiger charge is 2.62. The monoisotopic (exact) mass is 689 g/mol. The van der Waals surface area contributed by atoms with E-state index in [-0.39, 0.29) is 36.5 Å². The van der Waals surface area contributed by atoms with Gasteiger partial charge in [0.05, 0.1) is 33.7 Å². The van der Waals surface area contributed by atoms with E-state index < -0.39 is 35.8 Å². The predicted molar refractivity (Wildman–Crippen MR) is 165 cm³/mol. The van der Waals surface area contributed by atoms with Crippen LogP contribution in [0, 0.1) is 5.92 Å². The van der Waals surface area contributed by atoms with Crippen LogP contribution in [-0.2, 0) is 22.2 Å². The van der Waals surface area contributed by atoms with Crippen molar-refractivity contribution in [3.63, 3.8) is 0 Å². The van der Waals surface area contributed by atoms with Crippen molar-refractivity contribution < 1.29 is 35.9 Å². The Morgan fingerprint density at radius 2 is 1.80 bits per heavy atom. The van der Waals surface area contributed by atoms with Crippen LogP contribution in [0.3, 0.4) is 0 Å². The second-order valence-corrected chi connectivity index (χ2v) is 12.2. The maximum Gasteiger partial charge on any atom is 0.430 e. The number of imidazole rings is 1. The Bertz CT molecular complexity index is 1660. The lowest BCUT2D eigenvalue weighted by Gasteiger charge is -2.35. The van der Waals surface area contributed by atoms with Gasteiger partial charge in [-0.05, 0) is 43.0 Å². The Morgan fingerprint density at radius 3 is 2.46 bits per heavy atom. The van der Waals surface area contributed by atoms with Crippen LogP contribution >= 0.6 is 23.2 Å². The number of piperidine rings is 1. The molecule has 0 radical (unpaired) electrons. The Morgan fingerprint density at radius 1 is 1.09 bits per heavy atom. The molecule has 2 aromatic carbocycles. The lowest BCUT2D eigenvalue weighted by atomic mass is 9.91. The molecule has 1 fully saturated rings. The molecule has 15 heteroatoms. The van der Waals surface area contributed by atoms with Crippen LogP contribution in [0.15, 0.2) is 65.2 Å². The zero-order valence-corrected chi connectivity index (χ0v) is 26.3. The van der Waals surface area contributed by atoms with Crippen molar-refractivity contribution in [2.75, 3.05) is 37.0 Å². The van der Waals surface area contributed by atoms with Gasteiger partial charge in [-0.3, -0.25) is 4.79 Å². The van der Waals surface area contributed by atoms with E-state index in [4.69, 9.17) is 27.9 Å². The number of nitrogens with zero attached hydrogens (tertiary/aromatic N) is 3. The molecule has 1 aliphatic carbocycles. The fourth-order valence-corrected chi connectivity index (χ4v) is 6.40. The summed E-state index contributed by atoms with van der Waals surface area (Å²) in [7, 11) is 2.56. The van der Waals surface area contributed by atoms with Gasteiger partial charge in [-0.25, -0.2) is 4.98 Å². The van der Waals surface area contributed by atoms with Crippen LogP contribution in [-0.4, -0.2) is 60.6 Å². The van der Waals surface area contributed by atoms with Crippen LogP contribution in [0.4, 0.5) is 38.0 Å². The van der Waals surface area contributed by atoms with Crippen molar-refractivity contribution in [1.29, 1.82) is 0 Å². The van der Waals surface area contributed by atoms with Crippen molar-refractivity contribution in [3.05, 3.63) is 75.8 Å². The third-order valence-electron chi connectivity index (χ3n) is 8.44. The van der Waals surface area contributed by atoms with E-state index in [0.29, 0.717) is 46.2 Å². The normalized spacial score (nSPS) is 20.6. The minimum atomic E-state index is -5.04. The first kappa shape index (κ1) is 33.9. The molecule has 248 valence electrons. The highest BCUT2D eigenvalue weighted by atomic mass is 35.5. The molecule has 1 aromatic heterocycles. The summed E-state index contributed by atoms with van der Waals surface area (Å²) in [5.41, 5.74) is -1.36. The van der Waals surface area contributed by atoms with Gasteiger partial charge in [0.15, 0.2) is 0 Å². The van der Waals surface area contributed by atoms with Crippen molar-refractivity contribution in [1.82, 2.24) is 14.9 Å². The highest BCUT2D eigenvalue weighted by molar-refractivity contribution is 6.34. The Labute approximate surface area is 271 Å². The van der Waals surface area contributed by atoms with Crippen LogP contribution in [0.5, 0.6) is 0 Å². The number of ether oxygens (including phenoxy) is 1. The van der Waals surface area contributed by atoms with E-state index in [0.717, 1.165) is 7.11 Å². The predicted octanol–water partition coefficient (Wildman–Crippen LogP) is 7.46. The fraction of sp³-hybridized carbons (Fsp3) is 0.419. The van der Waals surface area contributed by atoms with Crippen LogP contribution in [0.25, 0.3) is 11.0 Å². The summed E-state index contributed by atoms with van der Waals surface area (Å²) in [6.45, 7) is 0.0440.